The Hall–Kier alpha value is -1.14. The molecule has 0 fully saturated rings. The number of ketones is 1. The lowest BCUT2D eigenvalue weighted by atomic mass is 10.4. The first-order valence-electron chi connectivity index (χ1n) is 4.02. The number of Topliss-reactive ketones (excluding diaryl/α,β-unsaturated/α-hetero) is 1. The highest BCUT2D eigenvalue weighted by molar-refractivity contribution is 5.78. The first-order valence-corrected chi connectivity index (χ1v) is 4.02. The second kappa shape index (κ2) is 7.28. The van der Waals surface area contributed by atoms with E-state index in [1.165, 1.54) is 14.0 Å². The van der Waals surface area contributed by atoms with Gasteiger partial charge in [0.2, 0.25) is 0 Å². The number of aliphatic hydroxyl groups is 1. The lowest BCUT2D eigenvalue weighted by molar-refractivity contribution is -0.120. The van der Waals surface area contributed by atoms with E-state index in [0.717, 1.165) is 0 Å². The molecule has 82 valence electrons. The molecular weight excluding hydrogens is 192 g/mol. The van der Waals surface area contributed by atoms with E-state index < -0.39 is 12.3 Å². The first-order chi connectivity index (χ1) is 6.56. The van der Waals surface area contributed by atoms with E-state index in [9.17, 15) is 9.59 Å². The number of rotatable bonds is 6. The lowest BCUT2D eigenvalue weighted by Gasteiger charge is -2.09. The molecule has 0 aromatic carbocycles. The number of methoxy groups -OCH3 is 1. The zero-order valence-corrected chi connectivity index (χ0v) is 8.19. The van der Waals surface area contributed by atoms with Crippen LogP contribution in [0.1, 0.15) is 6.92 Å². The topological polar surface area (TPSA) is 82.1 Å². The van der Waals surface area contributed by atoms with Crippen LogP contribution in [-0.4, -0.2) is 50.1 Å². The number of aliphatic hydroxyl groups excluding tert-OH is 1. The van der Waals surface area contributed by atoms with Gasteiger partial charge in [-0.3, -0.25) is 4.79 Å². The second-order valence-corrected chi connectivity index (χ2v) is 2.66. The van der Waals surface area contributed by atoms with Crippen LogP contribution < -0.4 is 0 Å². The fourth-order valence-corrected chi connectivity index (χ4v) is 0.607. The van der Waals surface area contributed by atoms with Crippen LogP contribution >= 0.6 is 0 Å². The Kier molecular flexibility index (Phi) is 6.69. The van der Waals surface area contributed by atoms with Crippen molar-refractivity contribution in [2.45, 2.75) is 13.0 Å². The Morgan fingerprint density at radius 2 is 1.93 bits per heavy atom. The molecule has 0 saturated heterocycles. The van der Waals surface area contributed by atoms with Crippen LogP contribution in [0.15, 0.2) is 0 Å². The largest absolute Gasteiger partial charge is 0.508 e. The van der Waals surface area contributed by atoms with Gasteiger partial charge >= 0.3 is 6.16 Å². The van der Waals surface area contributed by atoms with Crippen molar-refractivity contribution in [2.75, 3.05) is 26.9 Å². The van der Waals surface area contributed by atoms with Crippen LogP contribution in [0.3, 0.4) is 0 Å². The molecule has 0 heterocycles. The summed E-state index contributed by atoms with van der Waals surface area (Å²) in [7, 11) is 1.41. The molecule has 0 amide bonds. The molecule has 1 unspecified atom stereocenters. The van der Waals surface area contributed by atoms with Crippen LogP contribution in [0.4, 0.5) is 4.79 Å². The van der Waals surface area contributed by atoms with E-state index >= 15 is 0 Å². The molecule has 0 aromatic rings. The molecule has 6 nitrogen and oxygen atoms in total. The van der Waals surface area contributed by atoms with Gasteiger partial charge in [0.25, 0.3) is 0 Å². The van der Waals surface area contributed by atoms with Gasteiger partial charge in [0.1, 0.15) is 12.7 Å². The molecule has 0 aliphatic heterocycles. The van der Waals surface area contributed by atoms with Crippen molar-refractivity contribution in [3.8, 4) is 0 Å². The third-order valence-corrected chi connectivity index (χ3v) is 1.15. The van der Waals surface area contributed by atoms with E-state index in [4.69, 9.17) is 5.11 Å². The van der Waals surface area contributed by atoms with E-state index in [1.807, 2.05) is 0 Å². The molecule has 6 heteroatoms. The highest BCUT2D eigenvalue weighted by Gasteiger charge is 2.09. The summed E-state index contributed by atoms with van der Waals surface area (Å²) in [4.78, 5) is 21.1. The second-order valence-electron chi connectivity index (χ2n) is 2.66. The minimum Gasteiger partial charge on any atom is -0.431 e. The standard InChI is InChI=1S/C8H14O6/c1-6(9)3-13-8(11)14-5-7(10)4-12-2/h7,10H,3-5H2,1-2H3. The van der Waals surface area contributed by atoms with Crippen molar-refractivity contribution >= 4 is 11.9 Å². The summed E-state index contributed by atoms with van der Waals surface area (Å²) in [5.74, 6) is -0.278. The van der Waals surface area contributed by atoms with Crippen molar-refractivity contribution in [3.05, 3.63) is 0 Å². The van der Waals surface area contributed by atoms with Gasteiger partial charge in [0.15, 0.2) is 12.4 Å². The van der Waals surface area contributed by atoms with Crippen LogP contribution in [0.25, 0.3) is 0 Å². The lowest BCUT2D eigenvalue weighted by Crippen LogP contribution is -2.24. The summed E-state index contributed by atoms with van der Waals surface area (Å²) in [5, 5.41) is 9.05. The van der Waals surface area contributed by atoms with E-state index in [1.54, 1.807) is 0 Å². The van der Waals surface area contributed by atoms with Gasteiger partial charge in [-0.05, 0) is 6.92 Å². The molecule has 1 N–H and O–H groups in total. The molecule has 0 radical (unpaired) electrons. The zero-order valence-electron chi connectivity index (χ0n) is 8.19. The zero-order chi connectivity index (χ0) is 11.0. The Bertz CT molecular complexity index is 190. The van der Waals surface area contributed by atoms with Crippen LogP contribution in [0.2, 0.25) is 0 Å². The van der Waals surface area contributed by atoms with Crippen molar-refractivity contribution in [1.82, 2.24) is 0 Å². The van der Waals surface area contributed by atoms with Crippen LogP contribution in [-0.2, 0) is 19.0 Å². The quantitative estimate of drug-likeness (QED) is 0.603. The fraction of sp³-hybridized carbons (Fsp3) is 0.750. The normalized spacial score (nSPS) is 11.9. The van der Waals surface area contributed by atoms with Gasteiger partial charge in [0.05, 0.1) is 6.61 Å². The fourth-order valence-electron chi connectivity index (χ4n) is 0.607. The maximum atomic E-state index is 10.7. The summed E-state index contributed by atoms with van der Waals surface area (Å²) >= 11 is 0. The molecule has 0 saturated carbocycles. The summed E-state index contributed by atoms with van der Waals surface area (Å²) in [6.07, 6.45) is -1.86. The summed E-state index contributed by atoms with van der Waals surface area (Å²) < 4.78 is 13.4. The average Bonchev–Trinajstić information content (AvgIpc) is 2.12. The Balaban J connectivity index is 3.48. The molecule has 0 aliphatic carbocycles. The first kappa shape index (κ1) is 12.9. The van der Waals surface area contributed by atoms with Gasteiger partial charge < -0.3 is 19.3 Å². The van der Waals surface area contributed by atoms with Crippen molar-refractivity contribution in [3.63, 3.8) is 0 Å². The minimum absolute atomic E-state index is 0.0694. The monoisotopic (exact) mass is 206 g/mol. The smallest absolute Gasteiger partial charge is 0.431 e. The van der Waals surface area contributed by atoms with E-state index in [2.05, 4.69) is 14.2 Å². The number of hydrogen-bond donors (Lipinski definition) is 1. The Morgan fingerprint density at radius 3 is 2.43 bits per heavy atom. The predicted octanol–water partition coefficient (Wildman–Crippen LogP) is -0.264. The molecule has 0 aliphatic rings. The maximum absolute atomic E-state index is 10.7. The highest BCUT2D eigenvalue weighted by Crippen LogP contribution is 1.90. The Labute approximate surface area is 81.8 Å². The number of hydrogen-bond acceptors (Lipinski definition) is 6. The highest BCUT2D eigenvalue weighted by atomic mass is 16.7. The minimum atomic E-state index is -0.977. The van der Waals surface area contributed by atoms with Gasteiger partial charge in [0, 0.05) is 7.11 Å². The number of carbonyl (C=O) groups is 2. The number of ether oxygens (including phenoxy) is 3. The van der Waals surface area contributed by atoms with Crippen molar-refractivity contribution in [1.29, 1.82) is 0 Å². The third-order valence-electron chi connectivity index (χ3n) is 1.15. The average molecular weight is 206 g/mol. The van der Waals surface area contributed by atoms with Gasteiger partial charge in [-0.25, -0.2) is 4.79 Å². The van der Waals surface area contributed by atoms with Crippen LogP contribution in [0, 0.1) is 0 Å². The number of carbonyl (C=O) groups excluding carboxylic acids is 2. The summed E-state index contributed by atoms with van der Waals surface area (Å²) in [6, 6.07) is 0. The predicted molar refractivity (Wildman–Crippen MR) is 45.9 cm³/mol. The molecule has 0 rings (SSSR count). The molecule has 0 aromatic heterocycles. The van der Waals surface area contributed by atoms with E-state index in [-0.39, 0.29) is 25.6 Å². The molecule has 1 atom stereocenters. The molecule has 0 spiro atoms. The van der Waals surface area contributed by atoms with Crippen molar-refractivity contribution in [2.24, 2.45) is 0 Å². The van der Waals surface area contributed by atoms with Crippen molar-refractivity contribution < 1.29 is 28.9 Å². The summed E-state index contributed by atoms with van der Waals surface area (Å²) in [6.45, 7) is 0.816. The van der Waals surface area contributed by atoms with Gasteiger partial charge in [-0.15, -0.1) is 0 Å². The summed E-state index contributed by atoms with van der Waals surface area (Å²) in [5.41, 5.74) is 0. The molecule has 14 heavy (non-hydrogen) atoms. The third kappa shape index (κ3) is 7.51. The Morgan fingerprint density at radius 1 is 1.29 bits per heavy atom. The van der Waals surface area contributed by atoms with Gasteiger partial charge in [-0.1, -0.05) is 0 Å². The van der Waals surface area contributed by atoms with Crippen LogP contribution in [0.5, 0.6) is 0 Å². The maximum Gasteiger partial charge on any atom is 0.508 e. The van der Waals surface area contributed by atoms with Gasteiger partial charge in [-0.2, -0.15) is 0 Å². The molecular formula is C8H14O6. The molecule has 0 bridgehead atoms. The van der Waals surface area contributed by atoms with E-state index in [0.29, 0.717) is 0 Å². The SMILES string of the molecule is COCC(O)COC(=O)OCC(C)=O.